The number of ether oxygens (including phenoxy) is 1. The first-order chi connectivity index (χ1) is 12.9. The Morgan fingerprint density at radius 1 is 1.22 bits per heavy atom. The van der Waals surface area contributed by atoms with E-state index in [1.54, 1.807) is 6.92 Å². The molecule has 0 amide bonds. The molecule has 0 aliphatic heterocycles. The zero-order chi connectivity index (χ0) is 19.7. The van der Waals surface area contributed by atoms with E-state index in [9.17, 15) is 20.4 Å². The van der Waals surface area contributed by atoms with Gasteiger partial charge in [0, 0.05) is 5.56 Å². The van der Waals surface area contributed by atoms with E-state index in [1.807, 2.05) is 12.1 Å². The molecule has 0 radical (unpaired) electrons. The van der Waals surface area contributed by atoms with Crippen LogP contribution in [0.3, 0.4) is 0 Å². The number of benzene rings is 1. The third-order valence-electron chi connectivity index (χ3n) is 3.99. The molecule has 2 heterocycles. The van der Waals surface area contributed by atoms with Gasteiger partial charge in [-0.1, -0.05) is 12.1 Å². The lowest BCUT2D eigenvalue weighted by Gasteiger charge is -2.15. The average molecular weight is 362 g/mol. The predicted molar refractivity (Wildman–Crippen MR) is 96.5 cm³/mol. The number of aromatic nitrogens is 2. The molecule has 9 heteroatoms. The molecule has 0 unspecified atom stereocenters. The lowest BCUT2D eigenvalue weighted by molar-refractivity contribution is 0.0528. The Balaban J connectivity index is 2.55. The number of nitriles is 2. The van der Waals surface area contributed by atoms with Crippen molar-refractivity contribution in [1.29, 1.82) is 10.5 Å². The maximum atomic E-state index is 12.6. The minimum absolute atomic E-state index is 0.00121. The second-order valence-electron chi connectivity index (χ2n) is 5.52. The highest BCUT2D eigenvalue weighted by molar-refractivity contribution is 6.06. The summed E-state index contributed by atoms with van der Waals surface area (Å²) in [6.45, 7) is 1.73. The number of carbonyl (C=O) groups is 1. The van der Waals surface area contributed by atoms with E-state index >= 15 is 0 Å². The van der Waals surface area contributed by atoms with Crippen LogP contribution in [0.2, 0.25) is 0 Å². The van der Waals surface area contributed by atoms with Gasteiger partial charge >= 0.3 is 5.97 Å². The second-order valence-corrected chi connectivity index (χ2v) is 5.52. The Bertz CT molecular complexity index is 1150. The van der Waals surface area contributed by atoms with Crippen molar-refractivity contribution in [2.45, 2.75) is 6.92 Å². The van der Waals surface area contributed by atoms with Crippen molar-refractivity contribution >= 4 is 23.1 Å². The fourth-order valence-electron chi connectivity index (χ4n) is 2.86. The smallest absolute Gasteiger partial charge is 0.342 e. The Morgan fingerprint density at radius 2 is 1.85 bits per heavy atom. The van der Waals surface area contributed by atoms with E-state index in [0.717, 1.165) is 4.52 Å². The number of rotatable bonds is 3. The maximum Gasteiger partial charge on any atom is 0.342 e. The zero-order valence-electron chi connectivity index (χ0n) is 14.2. The number of esters is 1. The summed E-state index contributed by atoms with van der Waals surface area (Å²) < 4.78 is 6.19. The molecule has 134 valence electrons. The van der Waals surface area contributed by atoms with Gasteiger partial charge in [0.05, 0.1) is 12.2 Å². The number of anilines is 2. The van der Waals surface area contributed by atoms with Crippen LogP contribution in [0.25, 0.3) is 16.6 Å². The van der Waals surface area contributed by atoms with E-state index < -0.39 is 5.97 Å². The molecule has 0 saturated carbocycles. The molecule has 0 fully saturated rings. The van der Waals surface area contributed by atoms with Gasteiger partial charge in [0.25, 0.3) is 0 Å². The minimum Gasteiger partial charge on any atom is -0.508 e. The molecule has 9 nitrogen and oxygen atoms in total. The second kappa shape index (κ2) is 6.58. The molecule has 5 N–H and O–H groups in total. The highest BCUT2D eigenvalue weighted by atomic mass is 16.5. The van der Waals surface area contributed by atoms with Crippen LogP contribution >= 0.6 is 0 Å². The maximum absolute atomic E-state index is 12.6. The number of nitrogen functional groups attached to an aromatic ring is 2. The number of hydrogen-bond donors (Lipinski definition) is 3. The molecular formula is C18H14N6O3. The zero-order valence-corrected chi connectivity index (χ0v) is 14.2. The van der Waals surface area contributed by atoms with E-state index in [4.69, 9.17) is 16.2 Å². The largest absolute Gasteiger partial charge is 0.508 e. The number of pyridine rings is 1. The van der Waals surface area contributed by atoms with Crippen molar-refractivity contribution in [2.24, 2.45) is 0 Å². The normalized spacial score (nSPS) is 10.3. The van der Waals surface area contributed by atoms with Crippen LogP contribution in [0.15, 0.2) is 24.3 Å². The lowest BCUT2D eigenvalue weighted by Crippen LogP contribution is -2.15. The Labute approximate surface area is 153 Å². The molecular weight excluding hydrogens is 348 g/mol. The van der Waals surface area contributed by atoms with Crippen LogP contribution in [-0.2, 0) is 4.74 Å². The van der Waals surface area contributed by atoms with Crippen LogP contribution < -0.4 is 11.5 Å². The number of carbonyl (C=O) groups excluding carboxylic acids is 1. The molecule has 0 atom stereocenters. The topological polar surface area (TPSA) is 163 Å². The number of aromatic hydroxyl groups is 1. The van der Waals surface area contributed by atoms with Gasteiger partial charge in [-0.25, -0.2) is 9.31 Å². The SMILES string of the molecule is CCOC(=O)c1c(-c2ccc(O)cc2)c(C#N)c2c(C#N)c(N)nn2c1N. The Morgan fingerprint density at radius 3 is 2.41 bits per heavy atom. The van der Waals surface area contributed by atoms with Gasteiger partial charge in [0.2, 0.25) is 0 Å². The summed E-state index contributed by atoms with van der Waals surface area (Å²) in [6, 6.07) is 9.78. The number of phenolic OH excluding ortho intramolecular Hbond substituents is 1. The van der Waals surface area contributed by atoms with Gasteiger partial charge in [-0.15, -0.1) is 5.10 Å². The molecule has 0 aliphatic carbocycles. The third kappa shape index (κ3) is 2.64. The van der Waals surface area contributed by atoms with Crippen molar-refractivity contribution in [2.75, 3.05) is 18.1 Å². The van der Waals surface area contributed by atoms with Crippen molar-refractivity contribution in [3.63, 3.8) is 0 Å². The Kier molecular flexibility index (Phi) is 4.28. The summed E-state index contributed by atoms with van der Waals surface area (Å²) in [5.74, 6) is -0.962. The van der Waals surface area contributed by atoms with Crippen LogP contribution in [0, 0.1) is 22.7 Å². The number of fused-ring (bicyclic) bond motifs is 1. The molecule has 0 bridgehead atoms. The van der Waals surface area contributed by atoms with Crippen LogP contribution in [0.4, 0.5) is 11.6 Å². The lowest BCUT2D eigenvalue weighted by atomic mass is 9.94. The highest BCUT2D eigenvalue weighted by Gasteiger charge is 2.28. The summed E-state index contributed by atoms with van der Waals surface area (Å²) in [5, 5.41) is 32.8. The van der Waals surface area contributed by atoms with Crippen molar-refractivity contribution in [3.05, 3.63) is 41.0 Å². The fourth-order valence-corrected chi connectivity index (χ4v) is 2.86. The minimum atomic E-state index is -0.746. The molecule has 1 aromatic carbocycles. The summed E-state index contributed by atoms with van der Waals surface area (Å²) in [5.41, 5.74) is 12.6. The number of nitrogens with zero attached hydrogens (tertiary/aromatic N) is 4. The predicted octanol–water partition coefficient (Wildman–Crippen LogP) is 1.79. The van der Waals surface area contributed by atoms with E-state index in [0.29, 0.717) is 5.56 Å². The van der Waals surface area contributed by atoms with Gasteiger partial charge < -0.3 is 21.3 Å². The molecule has 0 saturated heterocycles. The summed E-state index contributed by atoms with van der Waals surface area (Å²) in [7, 11) is 0. The van der Waals surface area contributed by atoms with Gasteiger partial charge in [-0.2, -0.15) is 10.5 Å². The molecule has 3 rings (SSSR count). The number of phenols is 1. The number of nitrogens with two attached hydrogens (primary N) is 2. The van der Waals surface area contributed by atoms with Crippen LogP contribution in [-0.4, -0.2) is 27.3 Å². The average Bonchev–Trinajstić information content (AvgIpc) is 2.99. The summed E-state index contributed by atoms with van der Waals surface area (Å²) in [6.07, 6.45) is 0. The van der Waals surface area contributed by atoms with E-state index in [-0.39, 0.29) is 51.8 Å². The first-order valence-corrected chi connectivity index (χ1v) is 7.84. The van der Waals surface area contributed by atoms with Crippen molar-refractivity contribution in [1.82, 2.24) is 9.61 Å². The molecule has 27 heavy (non-hydrogen) atoms. The van der Waals surface area contributed by atoms with Gasteiger partial charge in [-0.05, 0) is 24.6 Å². The van der Waals surface area contributed by atoms with E-state index in [2.05, 4.69) is 5.10 Å². The molecule has 2 aromatic heterocycles. The van der Waals surface area contributed by atoms with Gasteiger partial charge in [-0.3, -0.25) is 0 Å². The highest BCUT2D eigenvalue weighted by Crippen LogP contribution is 2.37. The van der Waals surface area contributed by atoms with E-state index in [1.165, 1.54) is 24.3 Å². The van der Waals surface area contributed by atoms with Crippen molar-refractivity contribution in [3.8, 4) is 29.0 Å². The fraction of sp³-hybridized carbons (Fsp3) is 0.111. The van der Waals surface area contributed by atoms with Crippen molar-refractivity contribution < 1.29 is 14.6 Å². The molecule has 0 spiro atoms. The summed E-state index contributed by atoms with van der Waals surface area (Å²) >= 11 is 0. The standard InChI is InChI=1S/C18H14N6O3/c1-2-27-18(26)14-13(9-3-5-10(25)6-4-9)11(7-19)15-12(8-20)16(21)23-24(15)17(14)22/h3-6,25H,2,22H2,1H3,(H2,21,23). The Hall–Kier alpha value is -4.24. The van der Waals surface area contributed by atoms with Crippen LogP contribution in [0.5, 0.6) is 5.75 Å². The quantitative estimate of drug-likeness (QED) is 0.593. The summed E-state index contributed by atoms with van der Waals surface area (Å²) in [4.78, 5) is 12.6. The molecule has 0 aliphatic rings. The monoisotopic (exact) mass is 362 g/mol. The third-order valence-corrected chi connectivity index (χ3v) is 3.99. The van der Waals surface area contributed by atoms with Gasteiger partial charge in [0.1, 0.15) is 40.3 Å². The first-order valence-electron chi connectivity index (χ1n) is 7.84. The molecule has 3 aromatic rings. The van der Waals surface area contributed by atoms with Crippen LogP contribution in [0.1, 0.15) is 28.4 Å². The van der Waals surface area contributed by atoms with Gasteiger partial charge in [0.15, 0.2) is 5.82 Å². The first kappa shape index (κ1) is 17.6. The number of hydrogen-bond acceptors (Lipinski definition) is 8.